The standard InChI is InChI=1S/C21H21N3O3/c1-13(25)23(2)16-10-11-20-19(12-16)17-4-3-5-18(17)21(22-20)14-6-8-15(9-7-14)24(26)27/h3-4,6-12,17-18,21-22H,5H2,1-2H3. The van der Waals surface area contributed by atoms with Gasteiger partial charge in [0.25, 0.3) is 5.69 Å². The maximum Gasteiger partial charge on any atom is 0.269 e. The van der Waals surface area contributed by atoms with Crippen LogP contribution in [0.4, 0.5) is 17.1 Å². The number of hydrogen-bond acceptors (Lipinski definition) is 4. The fourth-order valence-corrected chi connectivity index (χ4v) is 4.11. The van der Waals surface area contributed by atoms with Crippen LogP contribution in [-0.4, -0.2) is 17.9 Å². The number of nitro groups is 1. The molecule has 1 heterocycles. The van der Waals surface area contributed by atoms with Crippen LogP contribution in [0.2, 0.25) is 0 Å². The number of fused-ring (bicyclic) bond motifs is 3. The SMILES string of the molecule is CC(=O)N(C)c1ccc2c(c1)C1C=CCC1C(c1ccc([N+](=O)[O-])cc1)N2. The topological polar surface area (TPSA) is 75.5 Å². The fourth-order valence-electron chi connectivity index (χ4n) is 4.11. The first-order chi connectivity index (χ1) is 13.0. The maximum atomic E-state index is 11.7. The van der Waals surface area contributed by atoms with E-state index < -0.39 is 0 Å². The maximum absolute atomic E-state index is 11.7. The number of carbonyl (C=O) groups is 1. The summed E-state index contributed by atoms with van der Waals surface area (Å²) < 4.78 is 0. The Balaban J connectivity index is 1.70. The van der Waals surface area contributed by atoms with E-state index in [1.165, 1.54) is 5.56 Å². The Bertz CT molecular complexity index is 936. The highest BCUT2D eigenvalue weighted by molar-refractivity contribution is 5.91. The first-order valence-corrected chi connectivity index (χ1v) is 9.01. The Morgan fingerprint density at radius 2 is 1.96 bits per heavy atom. The molecule has 6 nitrogen and oxygen atoms in total. The third-order valence-corrected chi connectivity index (χ3v) is 5.67. The minimum Gasteiger partial charge on any atom is -0.378 e. The highest BCUT2D eigenvalue weighted by Gasteiger charge is 2.38. The Hall–Kier alpha value is -3.15. The molecule has 0 saturated heterocycles. The number of nitro benzene ring substituents is 1. The molecule has 0 bridgehead atoms. The molecule has 0 radical (unpaired) electrons. The van der Waals surface area contributed by atoms with Gasteiger partial charge < -0.3 is 10.2 Å². The van der Waals surface area contributed by atoms with E-state index >= 15 is 0 Å². The number of rotatable bonds is 3. The van der Waals surface area contributed by atoms with Crippen molar-refractivity contribution >= 4 is 23.0 Å². The summed E-state index contributed by atoms with van der Waals surface area (Å²) in [7, 11) is 1.78. The first kappa shape index (κ1) is 17.3. The van der Waals surface area contributed by atoms with Gasteiger partial charge in [-0.05, 0) is 41.7 Å². The summed E-state index contributed by atoms with van der Waals surface area (Å²) in [4.78, 5) is 23.9. The van der Waals surface area contributed by atoms with Crippen molar-refractivity contribution in [2.45, 2.75) is 25.3 Å². The van der Waals surface area contributed by atoms with E-state index in [2.05, 4.69) is 23.5 Å². The molecule has 1 aliphatic carbocycles. The van der Waals surface area contributed by atoms with Crippen LogP contribution in [0.1, 0.15) is 36.4 Å². The molecule has 2 aromatic rings. The predicted molar refractivity (Wildman–Crippen MR) is 105 cm³/mol. The van der Waals surface area contributed by atoms with Crippen LogP contribution >= 0.6 is 0 Å². The van der Waals surface area contributed by atoms with Gasteiger partial charge >= 0.3 is 0 Å². The molecule has 3 unspecified atom stereocenters. The lowest BCUT2D eigenvalue weighted by Gasteiger charge is -2.38. The van der Waals surface area contributed by atoms with Crippen molar-refractivity contribution in [2.24, 2.45) is 5.92 Å². The van der Waals surface area contributed by atoms with Crippen LogP contribution < -0.4 is 10.2 Å². The number of carbonyl (C=O) groups excluding carboxylic acids is 1. The lowest BCUT2D eigenvalue weighted by Crippen LogP contribution is -2.30. The van der Waals surface area contributed by atoms with Crippen molar-refractivity contribution in [3.05, 3.63) is 75.9 Å². The molecule has 27 heavy (non-hydrogen) atoms. The average molecular weight is 363 g/mol. The minimum atomic E-state index is -0.375. The molecule has 0 spiro atoms. The molecule has 3 atom stereocenters. The van der Waals surface area contributed by atoms with Gasteiger partial charge in [0.15, 0.2) is 0 Å². The molecular weight excluding hydrogens is 342 g/mol. The summed E-state index contributed by atoms with van der Waals surface area (Å²) in [6.45, 7) is 1.56. The molecule has 1 amide bonds. The monoisotopic (exact) mass is 363 g/mol. The molecule has 0 saturated carbocycles. The van der Waals surface area contributed by atoms with Crippen molar-refractivity contribution in [1.29, 1.82) is 0 Å². The van der Waals surface area contributed by atoms with Gasteiger partial charge in [0.1, 0.15) is 0 Å². The van der Waals surface area contributed by atoms with Gasteiger partial charge in [-0.3, -0.25) is 14.9 Å². The zero-order valence-electron chi connectivity index (χ0n) is 15.3. The largest absolute Gasteiger partial charge is 0.378 e. The van der Waals surface area contributed by atoms with Gasteiger partial charge in [-0.15, -0.1) is 0 Å². The summed E-state index contributed by atoms with van der Waals surface area (Å²) in [6, 6.07) is 13.0. The van der Waals surface area contributed by atoms with Gasteiger partial charge in [0.05, 0.1) is 11.0 Å². The second-order valence-corrected chi connectivity index (χ2v) is 7.17. The summed E-state index contributed by atoms with van der Waals surface area (Å²) in [5, 5.41) is 14.5. The number of amides is 1. The van der Waals surface area contributed by atoms with Crippen molar-refractivity contribution in [3.63, 3.8) is 0 Å². The van der Waals surface area contributed by atoms with Crippen LogP contribution in [0.15, 0.2) is 54.6 Å². The van der Waals surface area contributed by atoms with Crippen LogP contribution in [0.3, 0.4) is 0 Å². The second-order valence-electron chi connectivity index (χ2n) is 7.17. The zero-order chi connectivity index (χ0) is 19.1. The van der Waals surface area contributed by atoms with Gasteiger partial charge in [0, 0.05) is 43.4 Å². The zero-order valence-corrected chi connectivity index (χ0v) is 15.3. The van der Waals surface area contributed by atoms with Crippen LogP contribution in [0, 0.1) is 16.0 Å². The van der Waals surface area contributed by atoms with Crippen LogP contribution in [-0.2, 0) is 4.79 Å². The molecular formula is C21H21N3O3. The molecule has 1 aliphatic heterocycles. The second kappa shape index (κ2) is 6.54. The lowest BCUT2D eigenvalue weighted by molar-refractivity contribution is -0.384. The summed E-state index contributed by atoms with van der Waals surface area (Å²) in [5.74, 6) is 0.611. The summed E-state index contributed by atoms with van der Waals surface area (Å²) in [5.41, 5.74) is 4.28. The minimum absolute atomic E-state index is 0.000916. The van der Waals surface area contributed by atoms with Crippen molar-refractivity contribution in [3.8, 4) is 0 Å². The van der Waals surface area contributed by atoms with E-state index in [0.717, 1.165) is 23.4 Å². The average Bonchev–Trinajstić information content (AvgIpc) is 3.16. The van der Waals surface area contributed by atoms with E-state index in [-0.39, 0.29) is 28.5 Å². The Kier molecular flexibility index (Phi) is 4.18. The van der Waals surface area contributed by atoms with E-state index in [1.54, 1.807) is 31.0 Å². The number of anilines is 2. The summed E-state index contributed by atoms with van der Waals surface area (Å²) in [6.07, 6.45) is 5.39. The number of allylic oxidation sites excluding steroid dienone is 2. The van der Waals surface area contributed by atoms with E-state index in [9.17, 15) is 14.9 Å². The number of benzene rings is 2. The quantitative estimate of drug-likeness (QED) is 0.498. The number of nitrogens with zero attached hydrogens (tertiary/aromatic N) is 2. The van der Waals surface area contributed by atoms with Gasteiger partial charge in [0.2, 0.25) is 5.91 Å². The van der Waals surface area contributed by atoms with Gasteiger partial charge in [-0.1, -0.05) is 24.3 Å². The molecule has 2 aromatic carbocycles. The predicted octanol–water partition coefficient (Wildman–Crippen LogP) is 4.40. The number of nitrogens with one attached hydrogen (secondary N) is 1. The van der Waals surface area contributed by atoms with Crippen molar-refractivity contribution in [2.75, 3.05) is 17.3 Å². The normalized spacial score (nSPS) is 22.5. The third kappa shape index (κ3) is 2.97. The van der Waals surface area contributed by atoms with E-state index in [0.29, 0.717) is 5.92 Å². The van der Waals surface area contributed by atoms with Gasteiger partial charge in [-0.25, -0.2) is 0 Å². The number of hydrogen-bond donors (Lipinski definition) is 1. The van der Waals surface area contributed by atoms with Gasteiger partial charge in [-0.2, -0.15) is 0 Å². The summed E-state index contributed by atoms with van der Waals surface area (Å²) >= 11 is 0. The van der Waals surface area contributed by atoms with Crippen molar-refractivity contribution < 1.29 is 9.72 Å². The highest BCUT2D eigenvalue weighted by Crippen LogP contribution is 2.50. The molecule has 138 valence electrons. The smallest absolute Gasteiger partial charge is 0.269 e. The third-order valence-electron chi connectivity index (χ3n) is 5.67. The van der Waals surface area contributed by atoms with E-state index in [4.69, 9.17) is 0 Å². The Morgan fingerprint density at radius 3 is 2.63 bits per heavy atom. The van der Waals surface area contributed by atoms with Crippen LogP contribution in [0.25, 0.3) is 0 Å². The van der Waals surface area contributed by atoms with Crippen LogP contribution in [0.5, 0.6) is 0 Å². The molecule has 0 fully saturated rings. The molecule has 0 aromatic heterocycles. The molecule has 1 N–H and O–H groups in total. The lowest BCUT2D eigenvalue weighted by atomic mass is 9.77. The fraction of sp³-hybridized carbons (Fsp3) is 0.286. The Morgan fingerprint density at radius 1 is 1.22 bits per heavy atom. The van der Waals surface area contributed by atoms with E-state index in [1.807, 2.05) is 24.3 Å². The Labute approximate surface area is 157 Å². The highest BCUT2D eigenvalue weighted by atomic mass is 16.6. The molecule has 6 heteroatoms. The molecule has 2 aliphatic rings. The number of non-ortho nitro benzene ring substituents is 1. The molecule has 4 rings (SSSR count). The van der Waals surface area contributed by atoms with Crippen molar-refractivity contribution in [1.82, 2.24) is 0 Å². The first-order valence-electron chi connectivity index (χ1n) is 9.01.